The van der Waals surface area contributed by atoms with E-state index in [0.29, 0.717) is 19.4 Å². The number of ether oxygens (including phenoxy) is 1. The number of hydrogen-bond donors (Lipinski definition) is 3. The summed E-state index contributed by atoms with van der Waals surface area (Å²) in [6.07, 6.45) is 2.67. The maximum atomic E-state index is 11.1. The molecule has 0 heterocycles. The fourth-order valence-electron chi connectivity index (χ4n) is 1.92. The van der Waals surface area contributed by atoms with Crippen molar-refractivity contribution in [3.05, 3.63) is 23.8 Å². The fraction of sp³-hybridized carbons (Fsp3) is 0.462. The molecule has 0 aliphatic heterocycles. The van der Waals surface area contributed by atoms with Crippen molar-refractivity contribution in [2.24, 2.45) is 10.3 Å². The molecule has 1 aromatic carbocycles. The van der Waals surface area contributed by atoms with Crippen molar-refractivity contribution in [2.45, 2.75) is 25.7 Å². The highest BCUT2D eigenvalue weighted by Gasteiger charge is 2.12. The third kappa shape index (κ3) is 9.22. The molecule has 0 aromatic heterocycles. The normalized spacial score (nSPS) is 11.7. The first kappa shape index (κ1) is 21.1. The first-order chi connectivity index (χ1) is 11.6. The van der Waals surface area contributed by atoms with Gasteiger partial charge in [-0.1, -0.05) is 12.5 Å². The zero-order chi connectivity index (χ0) is 18.9. The number of nitriles is 1. The Hall–Kier alpha value is -1.91. The molecule has 0 saturated carbocycles. The van der Waals surface area contributed by atoms with Crippen molar-refractivity contribution in [2.75, 3.05) is 17.9 Å². The topological polar surface area (TPSA) is 175 Å². The third-order valence-electron chi connectivity index (χ3n) is 2.93. The molecule has 0 unspecified atom stereocenters. The molecule has 0 spiro atoms. The van der Waals surface area contributed by atoms with Gasteiger partial charge < -0.3 is 4.74 Å². The molecule has 0 bridgehead atoms. The van der Waals surface area contributed by atoms with Crippen LogP contribution in [0.15, 0.2) is 18.2 Å². The van der Waals surface area contributed by atoms with Crippen LogP contribution in [0, 0.1) is 11.3 Å². The van der Waals surface area contributed by atoms with Crippen LogP contribution in [0.1, 0.15) is 31.2 Å². The third-order valence-corrected chi connectivity index (χ3v) is 3.93. The molecule has 0 aliphatic rings. The minimum Gasteiger partial charge on any atom is -0.492 e. The van der Waals surface area contributed by atoms with Gasteiger partial charge in [-0.05, 0) is 31.4 Å². The Balaban J connectivity index is 2.43. The second-order valence-corrected chi connectivity index (χ2v) is 7.53. The van der Waals surface area contributed by atoms with E-state index in [9.17, 15) is 22.1 Å². The SMILES string of the molecule is N#Cc1c(NS(N)(=O)=O)cccc1OCCCCCCOS(N)(=O)=O. The highest BCUT2D eigenvalue weighted by atomic mass is 32.2. The minimum atomic E-state index is -4.00. The standard InChI is InChI=1S/C13H20N4O6S2/c14-10-11-12(17-24(15,18)19)6-5-7-13(11)22-8-3-1-2-4-9-23-25(16,20)21/h5-7,17H,1-4,8-9H2,(H2,15,18,19)(H2,16,20,21). The Labute approximate surface area is 147 Å². The predicted molar refractivity (Wildman–Crippen MR) is 90.9 cm³/mol. The van der Waals surface area contributed by atoms with Gasteiger partial charge in [0.2, 0.25) is 0 Å². The average molecular weight is 392 g/mol. The molecule has 12 heteroatoms. The van der Waals surface area contributed by atoms with Crippen molar-refractivity contribution >= 4 is 26.2 Å². The predicted octanol–water partition coefficient (Wildman–Crippen LogP) is 0.333. The number of anilines is 1. The number of unbranched alkanes of at least 4 members (excludes halogenated alkanes) is 3. The van der Waals surface area contributed by atoms with Crippen LogP contribution in [0.2, 0.25) is 0 Å². The summed E-state index contributed by atoms with van der Waals surface area (Å²) < 4.78 is 55.2. The van der Waals surface area contributed by atoms with Crippen LogP contribution in [-0.4, -0.2) is 30.0 Å². The summed E-state index contributed by atoms with van der Waals surface area (Å²) in [5, 5.41) is 18.8. The van der Waals surface area contributed by atoms with E-state index in [2.05, 4.69) is 8.91 Å². The maximum absolute atomic E-state index is 11.1. The molecule has 10 nitrogen and oxygen atoms in total. The summed E-state index contributed by atoms with van der Waals surface area (Å²) in [6.45, 7) is 0.336. The molecule has 140 valence electrons. The number of benzene rings is 1. The van der Waals surface area contributed by atoms with Crippen LogP contribution in [-0.2, 0) is 24.7 Å². The Bertz CT molecular complexity index is 817. The number of nitrogens with two attached hydrogens (primary N) is 2. The van der Waals surface area contributed by atoms with Gasteiger partial charge in [0.15, 0.2) is 0 Å². The van der Waals surface area contributed by atoms with Crippen LogP contribution in [0.3, 0.4) is 0 Å². The Morgan fingerprint density at radius 1 is 1.04 bits per heavy atom. The van der Waals surface area contributed by atoms with Gasteiger partial charge in [-0.3, -0.25) is 8.91 Å². The number of nitrogens with zero attached hydrogens (tertiary/aromatic N) is 1. The second kappa shape index (κ2) is 9.54. The fourth-order valence-corrected chi connectivity index (χ4v) is 2.75. The smallest absolute Gasteiger partial charge is 0.333 e. The maximum Gasteiger partial charge on any atom is 0.333 e. The van der Waals surface area contributed by atoms with E-state index >= 15 is 0 Å². The van der Waals surface area contributed by atoms with Crippen LogP contribution in [0.5, 0.6) is 5.75 Å². The molecular formula is C13H20N4O6S2. The Morgan fingerprint density at radius 2 is 1.68 bits per heavy atom. The Kier molecular flexibility index (Phi) is 8.07. The number of hydrogen-bond acceptors (Lipinski definition) is 7. The zero-order valence-corrected chi connectivity index (χ0v) is 15.0. The summed E-state index contributed by atoms with van der Waals surface area (Å²) in [6, 6.07) is 6.37. The highest BCUT2D eigenvalue weighted by molar-refractivity contribution is 7.90. The summed E-state index contributed by atoms with van der Waals surface area (Å²) in [5.41, 5.74) is 0.0840. The van der Waals surface area contributed by atoms with Crippen LogP contribution >= 0.6 is 0 Å². The van der Waals surface area contributed by atoms with Crippen molar-refractivity contribution in [1.29, 1.82) is 5.26 Å². The second-order valence-electron chi connectivity index (χ2n) is 5.02. The molecule has 0 atom stereocenters. The van der Waals surface area contributed by atoms with E-state index in [1.54, 1.807) is 6.07 Å². The molecule has 0 aliphatic carbocycles. The van der Waals surface area contributed by atoms with Crippen molar-refractivity contribution in [3.8, 4) is 11.8 Å². The van der Waals surface area contributed by atoms with Gasteiger partial charge in [-0.25, -0.2) is 10.3 Å². The molecule has 1 rings (SSSR count). The Morgan fingerprint density at radius 3 is 2.24 bits per heavy atom. The molecule has 1 aromatic rings. The van der Waals surface area contributed by atoms with E-state index in [0.717, 1.165) is 12.8 Å². The van der Waals surface area contributed by atoms with E-state index in [1.165, 1.54) is 12.1 Å². The minimum absolute atomic E-state index is 0.0273. The van der Waals surface area contributed by atoms with Crippen molar-refractivity contribution in [1.82, 2.24) is 0 Å². The van der Waals surface area contributed by atoms with Gasteiger partial charge in [-0.2, -0.15) is 22.1 Å². The molecule has 0 amide bonds. The van der Waals surface area contributed by atoms with E-state index in [4.69, 9.17) is 15.0 Å². The van der Waals surface area contributed by atoms with Gasteiger partial charge >= 0.3 is 10.3 Å². The van der Waals surface area contributed by atoms with E-state index in [-0.39, 0.29) is 23.6 Å². The molecular weight excluding hydrogens is 372 g/mol. The van der Waals surface area contributed by atoms with Gasteiger partial charge in [0.25, 0.3) is 10.2 Å². The van der Waals surface area contributed by atoms with E-state index < -0.39 is 20.5 Å². The van der Waals surface area contributed by atoms with Gasteiger partial charge in [0.05, 0.1) is 18.9 Å². The molecule has 0 radical (unpaired) electrons. The summed E-state index contributed by atoms with van der Waals surface area (Å²) >= 11 is 0. The van der Waals surface area contributed by atoms with Crippen LogP contribution < -0.4 is 19.7 Å². The lowest BCUT2D eigenvalue weighted by Gasteiger charge is -2.11. The van der Waals surface area contributed by atoms with Crippen LogP contribution in [0.25, 0.3) is 0 Å². The van der Waals surface area contributed by atoms with Gasteiger partial charge in [0, 0.05) is 0 Å². The highest BCUT2D eigenvalue weighted by Crippen LogP contribution is 2.26. The monoisotopic (exact) mass is 392 g/mol. The summed E-state index contributed by atoms with van der Waals surface area (Å²) in [5.74, 6) is 0.244. The van der Waals surface area contributed by atoms with E-state index in [1.807, 2.05) is 6.07 Å². The molecule has 0 saturated heterocycles. The first-order valence-electron chi connectivity index (χ1n) is 7.26. The largest absolute Gasteiger partial charge is 0.492 e. The van der Waals surface area contributed by atoms with Crippen LogP contribution in [0.4, 0.5) is 5.69 Å². The zero-order valence-electron chi connectivity index (χ0n) is 13.3. The molecule has 25 heavy (non-hydrogen) atoms. The van der Waals surface area contributed by atoms with Gasteiger partial charge in [-0.15, -0.1) is 0 Å². The first-order valence-corrected chi connectivity index (χ1v) is 10.3. The quantitative estimate of drug-likeness (QED) is 0.455. The summed E-state index contributed by atoms with van der Waals surface area (Å²) in [7, 11) is -7.89. The van der Waals surface area contributed by atoms with Gasteiger partial charge in [0.1, 0.15) is 17.4 Å². The van der Waals surface area contributed by atoms with Crippen molar-refractivity contribution < 1.29 is 25.8 Å². The lowest BCUT2D eigenvalue weighted by atomic mass is 10.2. The summed E-state index contributed by atoms with van der Waals surface area (Å²) in [4.78, 5) is 0. The molecule has 0 fully saturated rings. The van der Waals surface area contributed by atoms with Crippen molar-refractivity contribution in [3.63, 3.8) is 0 Å². The number of nitrogens with one attached hydrogen (secondary N) is 1. The molecule has 5 N–H and O–H groups in total. The number of rotatable bonds is 11. The lowest BCUT2D eigenvalue weighted by Crippen LogP contribution is -2.22. The average Bonchev–Trinajstić information content (AvgIpc) is 2.47. The lowest BCUT2D eigenvalue weighted by molar-refractivity contribution is 0.289.